The van der Waals surface area contributed by atoms with Gasteiger partial charge in [-0.25, -0.2) is 4.09 Å². The van der Waals surface area contributed by atoms with E-state index in [-0.39, 0.29) is 0 Å². The summed E-state index contributed by atoms with van der Waals surface area (Å²) in [5.74, 6) is 0.512. The lowest BCUT2D eigenvalue weighted by Crippen LogP contribution is -2.02. The van der Waals surface area contributed by atoms with Crippen molar-refractivity contribution in [2.45, 2.75) is 6.61 Å². The zero-order valence-electron chi connectivity index (χ0n) is 9.21. The fraction of sp³-hybridized carbons (Fsp3) is 0.0833. The third kappa shape index (κ3) is 2.62. The van der Waals surface area contributed by atoms with Gasteiger partial charge in [-0.1, -0.05) is 24.8 Å². The summed E-state index contributed by atoms with van der Waals surface area (Å²) in [6.07, 6.45) is 3.45. The number of nitrogens with two attached hydrogens (primary N) is 1. The Hall–Kier alpha value is -1.88. The molecule has 5 heteroatoms. The average molecular weight is 247 g/mol. The largest absolute Gasteiger partial charge is 0.472 e. The summed E-state index contributed by atoms with van der Waals surface area (Å²) in [4.78, 5) is 0. The highest BCUT2D eigenvalue weighted by atomic mass is 32.1. The van der Waals surface area contributed by atoms with E-state index in [1.807, 2.05) is 18.2 Å². The Balaban J connectivity index is 2.16. The number of nitrogen functional groups attached to an aromatic ring is 1. The smallest absolute Gasteiger partial charge is 0.234 e. The van der Waals surface area contributed by atoms with Crippen molar-refractivity contribution in [2.24, 2.45) is 0 Å². The van der Waals surface area contributed by atoms with Crippen LogP contribution >= 0.6 is 12.8 Å². The summed E-state index contributed by atoms with van der Waals surface area (Å²) in [5.41, 5.74) is 8.47. The van der Waals surface area contributed by atoms with Crippen molar-refractivity contribution in [3.8, 4) is 5.88 Å². The molecule has 2 N–H and O–H groups in total. The second kappa shape index (κ2) is 4.97. The van der Waals surface area contributed by atoms with Crippen molar-refractivity contribution in [3.05, 3.63) is 48.2 Å². The lowest BCUT2D eigenvalue weighted by Gasteiger charge is -2.09. The van der Waals surface area contributed by atoms with E-state index in [4.69, 9.17) is 10.5 Å². The van der Waals surface area contributed by atoms with Crippen LogP contribution in [-0.4, -0.2) is 9.19 Å². The summed E-state index contributed by atoms with van der Waals surface area (Å²) < 4.78 is 6.91. The Bertz CT molecular complexity index is 536. The van der Waals surface area contributed by atoms with Gasteiger partial charge in [-0.2, -0.15) is 0 Å². The SMILES string of the molecule is C=Cc1cccc(N)c1COc1ccn(S)n1. The lowest BCUT2D eigenvalue weighted by atomic mass is 10.1. The molecule has 0 bridgehead atoms. The van der Waals surface area contributed by atoms with Crippen LogP contribution in [0.2, 0.25) is 0 Å². The Morgan fingerprint density at radius 3 is 2.94 bits per heavy atom. The molecule has 1 aromatic carbocycles. The minimum atomic E-state index is 0.360. The van der Waals surface area contributed by atoms with Gasteiger partial charge in [0.1, 0.15) is 6.61 Å². The lowest BCUT2D eigenvalue weighted by molar-refractivity contribution is 0.293. The van der Waals surface area contributed by atoms with E-state index >= 15 is 0 Å². The molecule has 2 rings (SSSR count). The van der Waals surface area contributed by atoms with E-state index < -0.39 is 0 Å². The van der Waals surface area contributed by atoms with Crippen LogP contribution in [0.5, 0.6) is 5.88 Å². The number of benzene rings is 1. The van der Waals surface area contributed by atoms with Crippen molar-refractivity contribution in [1.82, 2.24) is 9.19 Å². The molecule has 0 amide bonds. The second-order valence-corrected chi connectivity index (χ2v) is 3.89. The van der Waals surface area contributed by atoms with Crippen molar-refractivity contribution in [2.75, 3.05) is 5.73 Å². The van der Waals surface area contributed by atoms with E-state index in [2.05, 4.69) is 24.5 Å². The molecule has 0 aliphatic rings. The Labute approximate surface area is 105 Å². The summed E-state index contributed by atoms with van der Waals surface area (Å²) in [5, 5.41) is 4.00. The molecule has 0 saturated heterocycles. The van der Waals surface area contributed by atoms with Crippen LogP contribution in [0.4, 0.5) is 5.69 Å². The Morgan fingerprint density at radius 2 is 2.29 bits per heavy atom. The molecule has 2 aromatic rings. The molecular formula is C12H13N3OS. The number of rotatable bonds is 4. The Morgan fingerprint density at radius 1 is 1.47 bits per heavy atom. The molecule has 17 heavy (non-hydrogen) atoms. The highest BCUT2D eigenvalue weighted by Gasteiger charge is 2.06. The molecule has 0 spiro atoms. The van der Waals surface area contributed by atoms with Gasteiger partial charge in [-0.05, 0) is 24.4 Å². The van der Waals surface area contributed by atoms with Crippen LogP contribution in [0.3, 0.4) is 0 Å². The van der Waals surface area contributed by atoms with Gasteiger partial charge in [-0.15, -0.1) is 5.10 Å². The van der Waals surface area contributed by atoms with Gasteiger partial charge < -0.3 is 10.5 Å². The molecule has 88 valence electrons. The van der Waals surface area contributed by atoms with Crippen molar-refractivity contribution in [1.29, 1.82) is 0 Å². The maximum Gasteiger partial charge on any atom is 0.234 e. The van der Waals surface area contributed by atoms with E-state index in [0.717, 1.165) is 11.1 Å². The number of aromatic nitrogens is 2. The van der Waals surface area contributed by atoms with Crippen LogP contribution in [0, 0.1) is 0 Å². The van der Waals surface area contributed by atoms with Crippen LogP contribution in [-0.2, 0) is 6.61 Å². The fourth-order valence-electron chi connectivity index (χ4n) is 1.50. The van der Waals surface area contributed by atoms with Gasteiger partial charge in [0.05, 0.1) is 0 Å². The molecule has 1 aromatic heterocycles. The summed E-state index contributed by atoms with van der Waals surface area (Å²) >= 11 is 4.03. The summed E-state index contributed by atoms with van der Waals surface area (Å²) in [6, 6.07) is 7.40. The number of thiol groups is 1. The molecule has 0 aliphatic carbocycles. The molecule has 1 heterocycles. The third-order valence-electron chi connectivity index (χ3n) is 2.38. The molecule has 0 radical (unpaired) electrons. The number of anilines is 1. The average Bonchev–Trinajstić information content (AvgIpc) is 2.73. The zero-order chi connectivity index (χ0) is 12.3. The van der Waals surface area contributed by atoms with Crippen LogP contribution in [0.1, 0.15) is 11.1 Å². The minimum absolute atomic E-state index is 0.360. The molecule has 4 nitrogen and oxygen atoms in total. The zero-order valence-corrected chi connectivity index (χ0v) is 10.1. The van der Waals surface area contributed by atoms with E-state index in [1.165, 1.54) is 4.09 Å². The summed E-state index contributed by atoms with van der Waals surface area (Å²) in [6.45, 7) is 4.11. The quantitative estimate of drug-likeness (QED) is 0.644. The molecule has 0 saturated carbocycles. The van der Waals surface area contributed by atoms with Crippen LogP contribution < -0.4 is 10.5 Å². The number of hydrogen-bond acceptors (Lipinski definition) is 4. The maximum atomic E-state index is 5.90. The molecule has 0 atom stereocenters. The molecular weight excluding hydrogens is 234 g/mol. The van der Waals surface area contributed by atoms with Crippen molar-refractivity contribution in [3.63, 3.8) is 0 Å². The highest BCUT2D eigenvalue weighted by molar-refractivity contribution is 7.78. The monoisotopic (exact) mass is 247 g/mol. The normalized spacial score (nSPS) is 10.2. The van der Waals surface area contributed by atoms with E-state index in [1.54, 1.807) is 18.3 Å². The van der Waals surface area contributed by atoms with Gasteiger partial charge in [0, 0.05) is 23.5 Å². The number of nitrogens with zero attached hydrogens (tertiary/aromatic N) is 2. The standard InChI is InChI=1S/C12H13N3OS/c1-2-9-4-3-5-11(13)10(9)8-16-12-6-7-15(17)14-12/h2-7,17H,1,8,13H2. The van der Waals surface area contributed by atoms with E-state index in [9.17, 15) is 0 Å². The van der Waals surface area contributed by atoms with Gasteiger partial charge in [-0.3, -0.25) is 0 Å². The first-order valence-corrected chi connectivity index (χ1v) is 5.48. The topological polar surface area (TPSA) is 53.1 Å². The number of hydrogen-bond donors (Lipinski definition) is 2. The molecule has 0 aliphatic heterocycles. The van der Waals surface area contributed by atoms with Gasteiger partial charge in [0.25, 0.3) is 0 Å². The fourth-order valence-corrected chi connectivity index (χ4v) is 1.66. The first-order chi connectivity index (χ1) is 8.20. The third-order valence-corrected chi connectivity index (χ3v) is 2.61. The van der Waals surface area contributed by atoms with E-state index in [0.29, 0.717) is 18.2 Å². The second-order valence-electron chi connectivity index (χ2n) is 3.48. The highest BCUT2D eigenvalue weighted by Crippen LogP contribution is 2.20. The maximum absolute atomic E-state index is 5.90. The first-order valence-electron chi connectivity index (χ1n) is 5.08. The Kier molecular flexibility index (Phi) is 3.39. The van der Waals surface area contributed by atoms with Gasteiger partial charge in [0.15, 0.2) is 0 Å². The predicted octanol–water partition coefficient (Wildman–Crippen LogP) is 2.38. The number of ether oxygens (including phenoxy) is 1. The van der Waals surface area contributed by atoms with Crippen molar-refractivity contribution < 1.29 is 4.74 Å². The molecule has 0 fully saturated rings. The van der Waals surface area contributed by atoms with Crippen molar-refractivity contribution >= 4 is 24.6 Å². The van der Waals surface area contributed by atoms with Gasteiger partial charge >= 0.3 is 0 Å². The minimum Gasteiger partial charge on any atom is -0.472 e. The predicted molar refractivity (Wildman–Crippen MR) is 71.9 cm³/mol. The van der Waals surface area contributed by atoms with Crippen LogP contribution in [0.25, 0.3) is 6.08 Å². The summed E-state index contributed by atoms with van der Waals surface area (Å²) in [7, 11) is 0. The first kappa shape index (κ1) is 11.6. The molecule has 0 unspecified atom stereocenters. The van der Waals surface area contributed by atoms with Crippen LogP contribution in [0.15, 0.2) is 37.0 Å². The van der Waals surface area contributed by atoms with Gasteiger partial charge in [0.2, 0.25) is 5.88 Å².